The monoisotopic (exact) mass is 394 g/mol. The van der Waals surface area contributed by atoms with E-state index >= 15 is 0 Å². The second kappa shape index (κ2) is 11.5. The second-order valence-corrected chi connectivity index (χ2v) is 7.92. The summed E-state index contributed by atoms with van der Waals surface area (Å²) in [5.41, 5.74) is 5.97. The van der Waals surface area contributed by atoms with Gasteiger partial charge in [-0.3, -0.25) is 4.99 Å². The van der Waals surface area contributed by atoms with Gasteiger partial charge in [-0.05, 0) is 55.4 Å². The van der Waals surface area contributed by atoms with Crippen molar-refractivity contribution in [1.29, 1.82) is 0 Å². The summed E-state index contributed by atoms with van der Waals surface area (Å²) in [5, 5.41) is 0. The zero-order valence-corrected chi connectivity index (χ0v) is 18.3. The average molecular weight is 395 g/mol. The van der Waals surface area contributed by atoms with E-state index in [-0.39, 0.29) is 5.82 Å². The van der Waals surface area contributed by atoms with E-state index in [2.05, 4.69) is 25.1 Å². The molecule has 1 aliphatic heterocycles. The molecular weight excluding hydrogens is 359 g/mol. The van der Waals surface area contributed by atoms with Crippen molar-refractivity contribution in [3.8, 4) is 0 Å². The van der Waals surface area contributed by atoms with Gasteiger partial charge in [0.05, 0.1) is 0 Å². The minimum Gasteiger partial charge on any atom is -0.377 e. The summed E-state index contributed by atoms with van der Waals surface area (Å²) >= 11 is 0. The van der Waals surface area contributed by atoms with Gasteiger partial charge in [0, 0.05) is 43.7 Å². The van der Waals surface area contributed by atoms with Gasteiger partial charge in [-0.15, -0.1) is 0 Å². The van der Waals surface area contributed by atoms with Crippen LogP contribution in [0.2, 0.25) is 0 Å². The first-order chi connectivity index (χ1) is 14.0. The number of unbranched alkanes of at least 4 members (excludes halogenated alkanes) is 3. The molecule has 1 aromatic rings. The maximum atomic E-state index is 14.8. The van der Waals surface area contributed by atoms with Crippen molar-refractivity contribution in [2.75, 3.05) is 19.0 Å². The topological polar surface area (TPSA) is 15.6 Å². The summed E-state index contributed by atoms with van der Waals surface area (Å²) < 4.78 is 14.8. The van der Waals surface area contributed by atoms with Crippen LogP contribution >= 0.6 is 0 Å². The van der Waals surface area contributed by atoms with Crippen molar-refractivity contribution in [3.63, 3.8) is 0 Å². The molecule has 0 saturated heterocycles. The predicted octanol–water partition coefficient (Wildman–Crippen LogP) is 7.58. The molecule has 1 heterocycles. The van der Waals surface area contributed by atoms with Crippen LogP contribution in [0.1, 0.15) is 69.4 Å². The lowest BCUT2D eigenvalue weighted by molar-refractivity contribution is 0.623. The Balaban J connectivity index is 1.92. The molecule has 1 aliphatic rings. The highest BCUT2D eigenvalue weighted by molar-refractivity contribution is 5.98. The van der Waals surface area contributed by atoms with Crippen molar-refractivity contribution < 1.29 is 4.39 Å². The van der Waals surface area contributed by atoms with Crippen LogP contribution < -0.4 is 4.90 Å². The largest absolute Gasteiger partial charge is 0.377 e. The maximum Gasteiger partial charge on any atom is 0.132 e. The maximum absolute atomic E-state index is 14.8. The minimum atomic E-state index is -0.191. The lowest BCUT2D eigenvalue weighted by atomic mass is 9.96. The van der Waals surface area contributed by atoms with Gasteiger partial charge in [-0.2, -0.15) is 0 Å². The van der Waals surface area contributed by atoms with Gasteiger partial charge in [0.25, 0.3) is 0 Å². The predicted molar refractivity (Wildman–Crippen MR) is 127 cm³/mol. The van der Waals surface area contributed by atoms with Gasteiger partial charge in [-0.1, -0.05) is 56.7 Å². The zero-order chi connectivity index (χ0) is 21.2. The Hall–Kier alpha value is -2.42. The van der Waals surface area contributed by atoms with Crippen LogP contribution in [0.25, 0.3) is 11.6 Å². The summed E-state index contributed by atoms with van der Waals surface area (Å²) in [5.74, 6) is -0.191. The van der Waals surface area contributed by atoms with Crippen LogP contribution in [0.5, 0.6) is 0 Å². The number of allylic oxidation sites excluding steroid dienone is 4. The fourth-order valence-corrected chi connectivity index (χ4v) is 3.55. The van der Waals surface area contributed by atoms with Gasteiger partial charge < -0.3 is 4.90 Å². The minimum absolute atomic E-state index is 0.191. The zero-order valence-electron chi connectivity index (χ0n) is 18.3. The number of benzene rings is 1. The highest BCUT2D eigenvalue weighted by atomic mass is 19.1. The molecule has 0 unspecified atom stereocenters. The number of aliphatic imine (C=N–C) groups is 1. The molecule has 0 aromatic heterocycles. The van der Waals surface area contributed by atoms with Crippen LogP contribution in [-0.2, 0) is 0 Å². The molecule has 156 valence electrons. The molecule has 0 radical (unpaired) electrons. The van der Waals surface area contributed by atoms with E-state index in [0.717, 1.165) is 54.6 Å². The van der Waals surface area contributed by atoms with Gasteiger partial charge in [0.1, 0.15) is 5.82 Å². The Morgan fingerprint density at radius 3 is 2.66 bits per heavy atom. The van der Waals surface area contributed by atoms with Crippen molar-refractivity contribution in [2.45, 2.75) is 58.3 Å². The summed E-state index contributed by atoms with van der Waals surface area (Å²) in [7, 11) is 3.85. The standard InChI is InChI=1S/C26H35FN2/c1-6-8-14-21-17-24(25(27)18-26(21)29(4)5)22-16-23(28-19-22)15-12-10-9-11-13-20(3)7-2/h6,8,14,17-19H,1,3,7,9-13,15-16H2,2,4-5H3/b14-8-. The number of anilines is 1. The SMILES string of the molecule is C=C/C=C\c1cc(C2=CN=C(CCCCCCC(=C)CC)C2)c(F)cc1N(C)C. The van der Waals surface area contributed by atoms with Crippen molar-refractivity contribution in [3.05, 3.63) is 66.2 Å². The highest BCUT2D eigenvalue weighted by Crippen LogP contribution is 2.32. The van der Waals surface area contributed by atoms with Crippen molar-refractivity contribution in [1.82, 2.24) is 0 Å². The lowest BCUT2D eigenvalue weighted by Gasteiger charge is -2.18. The molecule has 0 atom stereocenters. The third-order valence-electron chi connectivity index (χ3n) is 5.40. The first-order valence-electron chi connectivity index (χ1n) is 10.7. The summed E-state index contributed by atoms with van der Waals surface area (Å²) in [4.78, 5) is 6.50. The molecule has 2 nitrogen and oxygen atoms in total. The Bertz CT molecular complexity index is 812. The number of rotatable bonds is 12. The van der Waals surface area contributed by atoms with Crippen LogP contribution in [0, 0.1) is 5.82 Å². The Morgan fingerprint density at radius 2 is 1.97 bits per heavy atom. The van der Waals surface area contributed by atoms with E-state index in [4.69, 9.17) is 0 Å². The van der Waals surface area contributed by atoms with E-state index in [1.54, 1.807) is 12.1 Å². The Labute approximate surface area is 176 Å². The van der Waals surface area contributed by atoms with E-state index in [1.807, 2.05) is 43.4 Å². The lowest BCUT2D eigenvalue weighted by Crippen LogP contribution is -2.11. The number of halogens is 1. The number of hydrogen-bond acceptors (Lipinski definition) is 2. The first kappa shape index (κ1) is 22.9. The molecular formula is C26H35FN2. The third kappa shape index (κ3) is 6.85. The fraction of sp³-hybridized carbons (Fsp3) is 0.423. The molecule has 1 aromatic carbocycles. The number of hydrogen-bond donors (Lipinski definition) is 0. The fourth-order valence-electron chi connectivity index (χ4n) is 3.55. The van der Waals surface area contributed by atoms with Crippen molar-refractivity contribution >= 4 is 23.0 Å². The molecule has 0 saturated carbocycles. The highest BCUT2D eigenvalue weighted by Gasteiger charge is 2.18. The van der Waals surface area contributed by atoms with E-state index < -0.39 is 0 Å². The smallest absolute Gasteiger partial charge is 0.132 e. The summed E-state index contributed by atoms with van der Waals surface area (Å²) in [6.07, 6.45) is 16.2. The van der Waals surface area contributed by atoms with Crippen LogP contribution in [0.3, 0.4) is 0 Å². The Morgan fingerprint density at radius 1 is 1.21 bits per heavy atom. The first-order valence-corrected chi connectivity index (χ1v) is 10.7. The average Bonchev–Trinajstić information content (AvgIpc) is 3.17. The van der Waals surface area contributed by atoms with Gasteiger partial charge in [0.15, 0.2) is 0 Å². The van der Waals surface area contributed by atoms with Gasteiger partial charge in [0.2, 0.25) is 0 Å². The summed E-state index contributed by atoms with van der Waals surface area (Å²) in [6.45, 7) is 9.96. The van der Waals surface area contributed by atoms with Crippen LogP contribution in [-0.4, -0.2) is 19.8 Å². The molecule has 0 amide bonds. The van der Waals surface area contributed by atoms with Gasteiger partial charge >= 0.3 is 0 Å². The molecule has 0 bridgehead atoms. The molecule has 0 fully saturated rings. The molecule has 0 spiro atoms. The molecule has 3 heteroatoms. The summed E-state index contributed by atoms with van der Waals surface area (Å²) in [6, 6.07) is 3.54. The normalized spacial score (nSPS) is 13.5. The second-order valence-electron chi connectivity index (χ2n) is 7.92. The van der Waals surface area contributed by atoms with Crippen LogP contribution in [0.15, 0.2) is 54.2 Å². The van der Waals surface area contributed by atoms with Gasteiger partial charge in [-0.25, -0.2) is 4.39 Å². The van der Waals surface area contributed by atoms with E-state index in [0.29, 0.717) is 5.56 Å². The van der Waals surface area contributed by atoms with Crippen LogP contribution in [0.4, 0.5) is 10.1 Å². The molecule has 29 heavy (non-hydrogen) atoms. The quantitative estimate of drug-likeness (QED) is 0.203. The van der Waals surface area contributed by atoms with Crippen molar-refractivity contribution in [2.24, 2.45) is 4.99 Å². The van der Waals surface area contributed by atoms with E-state index in [9.17, 15) is 4.39 Å². The third-order valence-corrected chi connectivity index (χ3v) is 5.40. The Kier molecular flexibility index (Phi) is 9.11. The molecule has 0 aliphatic carbocycles. The number of nitrogens with zero attached hydrogens (tertiary/aromatic N) is 2. The molecule has 0 N–H and O–H groups in total. The van der Waals surface area contributed by atoms with E-state index in [1.165, 1.54) is 24.8 Å². The molecule has 2 rings (SSSR count).